The van der Waals surface area contributed by atoms with Crippen LogP contribution in [0.25, 0.3) is 22.6 Å². The van der Waals surface area contributed by atoms with Crippen molar-refractivity contribution in [3.05, 3.63) is 77.7 Å². The molecule has 0 radical (unpaired) electrons. The molecule has 0 fully saturated rings. The van der Waals surface area contributed by atoms with Gasteiger partial charge < -0.3 is 4.57 Å². The predicted molar refractivity (Wildman–Crippen MR) is 95.8 cm³/mol. The van der Waals surface area contributed by atoms with Crippen LogP contribution < -0.4 is 0 Å². The average Bonchev–Trinajstić information content (AvgIpc) is 2.97. The highest BCUT2D eigenvalue weighted by molar-refractivity contribution is 5.79. The van der Waals surface area contributed by atoms with Gasteiger partial charge in [-0.3, -0.25) is 0 Å². The second-order valence-corrected chi connectivity index (χ2v) is 6.00. The van der Waals surface area contributed by atoms with Crippen LogP contribution in [0, 0.1) is 13.8 Å². The molecular weight excluding hydrogens is 296 g/mol. The van der Waals surface area contributed by atoms with Crippen molar-refractivity contribution in [3.8, 4) is 11.4 Å². The number of hydrogen-bond donors (Lipinski definition) is 0. The number of aromatic nitrogens is 4. The third-order valence-corrected chi connectivity index (χ3v) is 4.21. The van der Waals surface area contributed by atoms with E-state index in [9.17, 15) is 0 Å². The Hall–Kier alpha value is -3.01. The molecule has 0 aliphatic rings. The molecule has 2 aromatic heterocycles. The standard InChI is InChI=1S/C20H18N4/c1-14-8-10-17(11-9-14)19-23-18-15(2)21-13-22-20(18)24(19)12-16-6-4-3-5-7-16/h3-11,13H,12H2,1-2H3. The Kier molecular flexibility index (Phi) is 3.58. The van der Waals surface area contributed by atoms with Crippen molar-refractivity contribution in [2.45, 2.75) is 20.4 Å². The molecule has 2 heterocycles. The smallest absolute Gasteiger partial charge is 0.164 e. The maximum Gasteiger partial charge on any atom is 0.164 e. The van der Waals surface area contributed by atoms with E-state index in [4.69, 9.17) is 4.98 Å². The van der Waals surface area contributed by atoms with Crippen molar-refractivity contribution in [1.82, 2.24) is 19.5 Å². The lowest BCUT2D eigenvalue weighted by atomic mass is 10.1. The Balaban J connectivity index is 1.93. The quantitative estimate of drug-likeness (QED) is 0.570. The van der Waals surface area contributed by atoms with Crippen molar-refractivity contribution in [1.29, 1.82) is 0 Å². The average molecular weight is 314 g/mol. The Morgan fingerprint density at radius 2 is 1.62 bits per heavy atom. The molecule has 4 aromatic rings. The number of rotatable bonds is 3. The van der Waals surface area contributed by atoms with Crippen LogP contribution in [0.15, 0.2) is 60.9 Å². The molecule has 0 spiro atoms. The number of aryl methyl sites for hydroxylation is 2. The summed E-state index contributed by atoms with van der Waals surface area (Å²) in [5.41, 5.74) is 6.20. The Morgan fingerprint density at radius 1 is 0.875 bits per heavy atom. The van der Waals surface area contributed by atoms with Gasteiger partial charge in [0, 0.05) is 5.56 Å². The minimum atomic E-state index is 0.733. The zero-order valence-corrected chi connectivity index (χ0v) is 13.8. The van der Waals surface area contributed by atoms with E-state index in [1.807, 2.05) is 13.0 Å². The minimum Gasteiger partial charge on any atom is -0.304 e. The topological polar surface area (TPSA) is 43.6 Å². The molecule has 0 N–H and O–H groups in total. The monoisotopic (exact) mass is 314 g/mol. The van der Waals surface area contributed by atoms with Crippen molar-refractivity contribution < 1.29 is 0 Å². The third-order valence-electron chi connectivity index (χ3n) is 4.21. The first-order valence-electron chi connectivity index (χ1n) is 8.01. The normalized spacial score (nSPS) is 11.1. The van der Waals surface area contributed by atoms with Gasteiger partial charge in [0.05, 0.1) is 12.2 Å². The second kappa shape index (κ2) is 5.89. The fourth-order valence-corrected chi connectivity index (χ4v) is 2.89. The molecule has 4 nitrogen and oxygen atoms in total. The lowest BCUT2D eigenvalue weighted by Gasteiger charge is -2.09. The highest BCUT2D eigenvalue weighted by atomic mass is 15.1. The molecule has 0 aliphatic heterocycles. The maximum atomic E-state index is 4.85. The first-order valence-corrected chi connectivity index (χ1v) is 8.01. The molecule has 4 rings (SSSR count). The lowest BCUT2D eigenvalue weighted by Crippen LogP contribution is -2.03. The van der Waals surface area contributed by atoms with Crippen LogP contribution in [0.5, 0.6) is 0 Å². The summed E-state index contributed by atoms with van der Waals surface area (Å²) in [6.07, 6.45) is 1.61. The van der Waals surface area contributed by atoms with Crippen LogP contribution in [0.3, 0.4) is 0 Å². The Morgan fingerprint density at radius 3 is 2.38 bits per heavy atom. The number of imidazole rings is 1. The summed E-state index contributed by atoms with van der Waals surface area (Å²) in [5, 5.41) is 0. The molecule has 2 aromatic carbocycles. The zero-order chi connectivity index (χ0) is 16.5. The van der Waals surface area contributed by atoms with Crippen LogP contribution >= 0.6 is 0 Å². The molecular formula is C20H18N4. The molecule has 0 saturated heterocycles. The van der Waals surface area contributed by atoms with Gasteiger partial charge in [0.2, 0.25) is 0 Å². The van der Waals surface area contributed by atoms with Crippen molar-refractivity contribution >= 4 is 11.2 Å². The van der Waals surface area contributed by atoms with E-state index in [0.717, 1.165) is 34.8 Å². The maximum absolute atomic E-state index is 4.85. The minimum absolute atomic E-state index is 0.733. The molecule has 4 heteroatoms. The van der Waals surface area contributed by atoms with E-state index in [2.05, 4.69) is 70.0 Å². The summed E-state index contributed by atoms with van der Waals surface area (Å²) in [6, 6.07) is 18.8. The van der Waals surface area contributed by atoms with Crippen LogP contribution in [-0.4, -0.2) is 19.5 Å². The summed E-state index contributed by atoms with van der Waals surface area (Å²) in [6.45, 7) is 4.80. The lowest BCUT2D eigenvalue weighted by molar-refractivity contribution is 0.822. The van der Waals surface area contributed by atoms with Gasteiger partial charge in [0.15, 0.2) is 5.65 Å². The fraction of sp³-hybridized carbons (Fsp3) is 0.150. The van der Waals surface area contributed by atoms with Crippen LogP contribution in [-0.2, 0) is 6.54 Å². The van der Waals surface area contributed by atoms with Crippen LogP contribution in [0.1, 0.15) is 16.8 Å². The predicted octanol–water partition coefficient (Wildman–Crippen LogP) is 4.16. The second-order valence-electron chi connectivity index (χ2n) is 6.00. The summed E-state index contributed by atoms with van der Waals surface area (Å²) in [5.74, 6) is 0.928. The first kappa shape index (κ1) is 14.6. The molecule has 24 heavy (non-hydrogen) atoms. The molecule has 0 bridgehead atoms. The van der Waals surface area contributed by atoms with Crippen LogP contribution in [0.2, 0.25) is 0 Å². The summed E-state index contributed by atoms with van der Waals surface area (Å²) >= 11 is 0. The van der Waals surface area contributed by atoms with Gasteiger partial charge >= 0.3 is 0 Å². The van der Waals surface area contributed by atoms with Gasteiger partial charge in [-0.2, -0.15) is 0 Å². The van der Waals surface area contributed by atoms with Gasteiger partial charge in [-0.25, -0.2) is 15.0 Å². The van der Waals surface area contributed by atoms with E-state index in [1.54, 1.807) is 6.33 Å². The molecule has 0 atom stereocenters. The van der Waals surface area contributed by atoms with E-state index in [-0.39, 0.29) is 0 Å². The molecule has 0 amide bonds. The van der Waals surface area contributed by atoms with Gasteiger partial charge in [0.1, 0.15) is 17.7 Å². The fourth-order valence-electron chi connectivity index (χ4n) is 2.89. The van der Waals surface area contributed by atoms with Crippen molar-refractivity contribution in [2.24, 2.45) is 0 Å². The van der Waals surface area contributed by atoms with E-state index in [1.165, 1.54) is 11.1 Å². The zero-order valence-electron chi connectivity index (χ0n) is 13.8. The van der Waals surface area contributed by atoms with Gasteiger partial charge in [0.25, 0.3) is 0 Å². The van der Waals surface area contributed by atoms with Gasteiger partial charge in [-0.15, -0.1) is 0 Å². The highest BCUT2D eigenvalue weighted by Crippen LogP contribution is 2.26. The summed E-state index contributed by atoms with van der Waals surface area (Å²) < 4.78 is 2.17. The molecule has 118 valence electrons. The molecule has 0 saturated carbocycles. The van der Waals surface area contributed by atoms with Crippen LogP contribution in [0.4, 0.5) is 0 Å². The Bertz CT molecular complexity index is 986. The van der Waals surface area contributed by atoms with Crippen molar-refractivity contribution in [2.75, 3.05) is 0 Å². The summed E-state index contributed by atoms with van der Waals surface area (Å²) in [7, 11) is 0. The highest BCUT2D eigenvalue weighted by Gasteiger charge is 2.15. The third kappa shape index (κ3) is 2.56. The first-order chi connectivity index (χ1) is 11.7. The number of fused-ring (bicyclic) bond motifs is 1. The summed E-state index contributed by atoms with van der Waals surface area (Å²) in [4.78, 5) is 13.6. The molecule has 0 aliphatic carbocycles. The number of hydrogen-bond acceptors (Lipinski definition) is 3. The largest absolute Gasteiger partial charge is 0.304 e. The van der Waals surface area contributed by atoms with E-state index in [0.29, 0.717) is 0 Å². The number of benzene rings is 2. The van der Waals surface area contributed by atoms with E-state index < -0.39 is 0 Å². The SMILES string of the molecule is Cc1ccc(-c2nc3c(C)ncnc3n2Cc2ccccc2)cc1. The van der Waals surface area contributed by atoms with Gasteiger partial charge in [-0.05, 0) is 19.4 Å². The molecule has 0 unspecified atom stereocenters. The van der Waals surface area contributed by atoms with Gasteiger partial charge in [-0.1, -0.05) is 60.2 Å². The van der Waals surface area contributed by atoms with E-state index >= 15 is 0 Å². The van der Waals surface area contributed by atoms with Crippen molar-refractivity contribution in [3.63, 3.8) is 0 Å². The number of nitrogens with zero attached hydrogens (tertiary/aromatic N) is 4. The Labute approximate surface area is 140 Å².